The van der Waals surface area contributed by atoms with Crippen LogP contribution in [0.2, 0.25) is 0 Å². The van der Waals surface area contributed by atoms with Gasteiger partial charge < -0.3 is 5.32 Å². The van der Waals surface area contributed by atoms with E-state index in [1.165, 1.54) is 24.3 Å². The van der Waals surface area contributed by atoms with E-state index in [2.05, 4.69) is 5.32 Å². The Morgan fingerprint density at radius 2 is 1.34 bits per heavy atom. The number of hydrogen-bond acceptors (Lipinski definition) is 5. The zero-order valence-corrected chi connectivity index (χ0v) is 19.3. The summed E-state index contributed by atoms with van der Waals surface area (Å²) in [6.45, 7) is 1.33. The molecule has 0 unspecified atom stereocenters. The molecule has 0 radical (unpaired) electrons. The predicted molar refractivity (Wildman–Crippen MR) is 124 cm³/mol. The van der Waals surface area contributed by atoms with Gasteiger partial charge in [0.05, 0.1) is 21.5 Å². The van der Waals surface area contributed by atoms with Gasteiger partial charge in [-0.2, -0.15) is 0 Å². The topological polar surface area (TPSA) is 101 Å². The highest BCUT2D eigenvalue weighted by Gasteiger charge is 2.27. The van der Waals surface area contributed by atoms with E-state index in [-0.39, 0.29) is 9.79 Å². The Bertz CT molecular complexity index is 1280. The summed E-state index contributed by atoms with van der Waals surface area (Å²) in [5.74, 6) is -0.493. The molecule has 0 aliphatic heterocycles. The number of rotatable bonds is 8. The van der Waals surface area contributed by atoms with Crippen LogP contribution in [-0.4, -0.2) is 35.5 Å². The second kappa shape index (κ2) is 9.54. The van der Waals surface area contributed by atoms with Gasteiger partial charge in [0.2, 0.25) is 5.91 Å². The molecule has 1 N–H and O–H groups in total. The van der Waals surface area contributed by atoms with Crippen LogP contribution < -0.4 is 9.62 Å². The number of carbonyl (C=O) groups is 1. The molecule has 7 nitrogen and oxygen atoms in total. The molecule has 0 saturated heterocycles. The number of nitrogens with one attached hydrogen (secondary N) is 1. The number of hydrogen-bond donors (Lipinski definition) is 1. The fourth-order valence-corrected chi connectivity index (χ4v) is 5.21. The molecule has 0 bridgehead atoms. The molecule has 168 valence electrons. The third kappa shape index (κ3) is 5.54. The van der Waals surface area contributed by atoms with Gasteiger partial charge in [-0.3, -0.25) is 9.10 Å². The van der Waals surface area contributed by atoms with E-state index in [4.69, 9.17) is 0 Å². The van der Waals surface area contributed by atoms with E-state index < -0.39 is 38.4 Å². The number of sulfonamides is 1. The van der Waals surface area contributed by atoms with Crippen molar-refractivity contribution in [2.75, 3.05) is 17.1 Å². The second-order valence-electron chi connectivity index (χ2n) is 7.29. The lowest BCUT2D eigenvalue weighted by Crippen LogP contribution is -2.41. The van der Waals surface area contributed by atoms with Crippen LogP contribution in [0.25, 0.3) is 0 Å². The fourth-order valence-electron chi connectivity index (χ4n) is 3.13. The molecule has 0 saturated carbocycles. The number of para-hydroxylation sites is 1. The van der Waals surface area contributed by atoms with Gasteiger partial charge in [-0.05, 0) is 48.9 Å². The van der Waals surface area contributed by atoms with Gasteiger partial charge in [0.15, 0.2) is 9.84 Å². The van der Waals surface area contributed by atoms with Crippen molar-refractivity contribution in [2.45, 2.75) is 22.8 Å². The third-order valence-corrected chi connectivity index (χ3v) is 7.76. The van der Waals surface area contributed by atoms with Crippen molar-refractivity contribution in [1.29, 1.82) is 0 Å². The maximum atomic E-state index is 13.2. The standard InChI is InChI=1S/C23H24N2O5S2/c1-18(19-13-15-21(16-14-19)31(2,27)28)24-23(26)17-25(20-9-5-3-6-10-20)32(29,30)22-11-7-4-8-12-22/h3-16,18H,17H2,1-2H3,(H,24,26)/t18-/m1/s1. The average Bonchev–Trinajstić information content (AvgIpc) is 2.78. The average molecular weight is 473 g/mol. The summed E-state index contributed by atoms with van der Waals surface area (Å²) in [7, 11) is -7.28. The van der Waals surface area contributed by atoms with Crippen molar-refractivity contribution in [3.8, 4) is 0 Å². The van der Waals surface area contributed by atoms with E-state index in [0.29, 0.717) is 11.3 Å². The highest BCUT2D eigenvalue weighted by atomic mass is 32.2. The minimum atomic E-state index is -3.97. The van der Waals surface area contributed by atoms with E-state index in [0.717, 1.165) is 10.6 Å². The van der Waals surface area contributed by atoms with Gasteiger partial charge in [-0.15, -0.1) is 0 Å². The molecule has 0 spiro atoms. The van der Waals surface area contributed by atoms with Crippen molar-refractivity contribution in [3.05, 3.63) is 90.5 Å². The van der Waals surface area contributed by atoms with Gasteiger partial charge in [0, 0.05) is 6.26 Å². The van der Waals surface area contributed by atoms with Crippen molar-refractivity contribution in [3.63, 3.8) is 0 Å². The van der Waals surface area contributed by atoms with E-state index in [1.54, 1.807) is 67.6 Å². The van der Waals surface area contributed by atoms with Gasteiger partial charge in [0.25, 0.3) is 10.0 Å². The molecule has 0 aromatic heterocycles. The highest BCUT2D eigenvalue weighted by Crippen LogP contribution is 2.23. The summed E-state index contributed by atoms with van der Waals surface area (Å²) < 4.78 is 50.8. The molecule has 0 aliphatic carbocycles. The largest absolute Gasteiger partial charge is 0.348 e. The van der Waals surface area contributed by atoms with Crippen molar-refractivity contribution in [2.24, 2.45) is 0 Å². The lowest BCUT2D eigenvalue weighted by atomic mass is 10.1. The maximum absolute atomic E-state index is 13.2. The lowest BCUT2D eigenvalue weighted by molar-refractivity contribution is -0.120. The summed E-state index contributed by atoms with van der Waals surface area (Å²) in [6, 6.07) is 22.1. The van der Waals surface area contributed by atoms with Gasteiger partial charge >= 0.3 is 0 Å². The molecule has 3 rings (SSSR count). The maximum Gasteiger partial charge on any atom is 0.264 e. The highest BCUT2D eigenvalue weighted by molar-refractivity contribution is 7.93. The molecular formula is C23H24N2O5S2. The van der Waals surface area contributed by atoms with Crippen LogP contribution in [0.4, 0.5) is 5.69 Å². The normalized spacial score (nSPS) is 12.7. The summed E-state index contributed by atoms with van der Waals surface area (Å²) in [5.41, 5.74) is 1.07. The van der Waals surface area contributed by atoms with Crippen LogP contribution in [0.3, 0.4) is 0 Å². The molecule has 1 amide bonds. The lowest BCUT2D eigenvalue weighted by Gasteiger charge is -2.25. The zero-order chi connectivity index (χ0) is 23.4. The zero-order valence-electron chi connectivity index (χ0n) is 17.7. The van der Waals surface area contributed by atoms with E-state index in [9.17, 15) is 21.6 Å². The van der Waals surface area contributed by atoms with Crippen LogP contribution in [-0.2, 0) is 24.7 Å². The Labute approximate surface area is 188 Å². The summed E-state index contributed by atoms with van der Waals surface area (Å²) >= 11 is 0. The van der Waals surface area contributed by atoms with Gasteiger partial charge in [0.1, 0.15) is 6.54 Å². The molecule has 3 aromatic rings. The Kier molecular flexibility index (Phi) is 7.00. The minimum Gasteiger partial charge on any atom is -0.348 e. The molecule has 0 heterocycles. The van der Waals surface area contributed by atoms with Crippen LogP contribution in [0.5, 0.6) is 0 Å². The first-order chi connectivity index (χ1) is 15.1. The Balaban J connectivity index is 1.81. The Hall–Kier alpha value is -3.17. The summed E-state index contributed by atoms with van der Waals surface area (Å²) in [6.07, 6.45) is 1.12. The number of amides is 1. The SMILES string of the molecule is C[C@@H](NC(=O)CN(c1ccccc1)S(=O)(=O)c1ccccc1)c1ccc(S(C)(=O)=O)cc1. The first-order valence-corrected chi connectivity index (χ1v) is 13.1. The minimum absolute atomic E-state index is 0.0843. The van der Waals surface area contributed by atoms with E-state index in [1.807, 2.05) is 0 Å². The van der Waals surface area contributed by atoms with Crippen molar-refractivity contribution < 1.29 is 21.6 Å². The predicted octanol–water partition coefficient (Wildman–Crippen LogP) is 3.16. The monoisotopic (exact) mass is 472 g/mol. The van der Waals surface area contributed by atoms with Gasteiger partial charge in [-0.1, -0.05) is 48.5 Å². The third-order valence-electron chi connectivity index (χ3n) is 4.85. The van der Waals surface area contributed by atoms with Crippen LogP contribution in [0.15, 0.2) is 94.7 Å². The molecule has 1 atom stereocenters. The molecule has 0 fully saturated rings. The Morgan fingerprint density at radius 3 is 1.88 bits per heavy atom. The van der Waals surface area contributed by atoms with Crippen LogP contribution in [0, 0.1) is 0 Å². The fraction of sp³-hybridized carbons (Fsp3) is 0.174. The molecule has 32 heavy (non-hydrogen) atoms. The Morgan fingerprint density at radius 1 is 0.812 bits per heavy atom. The van der Waals surface area contributed by atoms with Crippen molar-refractivity contribution in [1.82, 2.24) is 5.32 Å². The summed E-state index contributed by atoms with van der Waals surface area (Å²) in [4.78, 5) is 13.1. The number of sulfone groups is 1. The smallest absolute Gasteiger partial charge is 0.264 e. The van der Waals surface area contributed by atoms with E-state index >= 15 is 0 Å². The number of carbonyl (C=O) groups excluding carboxylic acids is 1. The number of benzene rings is 3. The number of nitrogens with zero attached hydrogens (tertiary/aromatic N) is 1. The molecular weight excluding hydrogens is 448 g/mol. The summed E-state index contributed by atoms with van der Waals surface area (Å²) in [5, 5.41) is 2.78. The quantitative estimate of drug-likeness (QED) is 0.543. The molecule has 0 aliphatic rings. The first-order valence-electron chi connectivity index (χ1n) is 9.81. The van der Waals surface area contributed by atoms with Gasteiger partial charge in [-0.25, -0.2) is 16.8 Å². The molecule has 3 aromatic carbocycles. The van der Waals surface area contributed by atoms with Crippen LogP contribution in [0.1, 0.15) is 18.5 Å². The second-order valence-corrected chi connectivity index (χ2v) is 11.2. The number of anilines is 1. The molecule has 9 heteroatoms. The first kappa shape index (κ1) is 23.5. The van der Waals surface area contributed by atoms with Crippen LogP contribution >= 0.6 is 0 Å². The van der Waals surface area contributed by atoms with Crippen molar-refractivity contribution >= 4 is 31.5 Å².